The topological polar surface area (TPSA) is 99.1 Å². The van der Waals surface area contributed by atoms with Crippen molar-refractivity contribution in [2.75, 3.05) is 7.05 Å². The Labute approximate surface area is 152 Å². The van der Waals surface area contributed by atoms with Gasteiger partial charge in [0.05, 0.1) is 17.2 Å². The van der Waals surface area contributed by atoms with Crippen LogP contribution in [0.15, 0.2) is 0 Å². The van der Waals surface area contributed by atoms with Gasteiger partial charge in [0.25, 0.3) is 0 Å². The van der Waals surface area contributed by atoms with Gasteiger partial charge in [-0.15, -0.1) is 0 Å². The highest BCUT2D eigenvalue weighted by molar-refractivity contribution is 5.75. The molecule has 9 heteroatoms. The summed E-state index contributed by atoms with van der Waals surface area (Å²) in [6.45, 7) is 10.8. The lowest BCUT2D eigenvalue weighted by atomic mass is 10.2. The molecule has 2 aromatic rings. The molecule has 0 atom stereocenters. The Morgan fingerprint density at radius 3 is 2.23 bits per heavy atom. The van der Waals surface area contributed by atoms with Gasteiger partial charge >= 0.3 is 5.69 Å². The van der Waals surface area contributed by atoms with E-state index in [4.69, 9.17) is 0 Å². The molecule has 0 saturated carbocycles. The van der Waals surface area contributed by atoms with Crippen LogP contribution in [0.1, 0.15) is 41.7 Å². The van der Waals surface area contributed by atoms with E-state index in [0.29, 0.717) is 24.5 Å². The molecule has 0 aliphatic heterocycles. The van der Waals surface area contributed by atoms with Crippen molar-refractivity contribution < 1.29 is 9.72 Å². The second-order valence-corrected chi connectivity index (χ2v) is 6.46. The Bertz CT molecular complexity index is 836. The van der Waals surface area contributed by atoms with Crippen molar-refractivity contribution in [3.05, 3.63) is 38.5 Å². The first-order valence-corrected chi connectivity index (χ1v) is 8.62. The maximum absolute atomic E-state index is 12.5. The number of aryl methyl sites for hydroxylation is 4. The van der Waals surface area contributed by atoms with Crippen LogP contribution in [-0.2, 0) is 24.4 Å². The zero-order chi connectivity index (χ0) is 19.6. The molecule has 9 nitrogen and oxygen atoms in total. The molecule has 0 unspecified atom stereocenters. The molecule has 1 amide bonds. The second-order valence-electron chi connectivity index (χ2n) is 6.46. The van der Waals surface area contributed by atoms with Crippen LogP contribution in [0.2, 0.25) is 0 Å². The molecule has 0 aromatic carbocycles. The lowest BCUT2D eigenvalue weighted by molar-refractivity contribution is -0.386. The first-order chi connectivity index (χ1) is 12.2. The molecule has 0 radical (unpaired) electrons. The highest BCUT2D eigenvalue weighted by Crippen LogP contribution is 2.22. The third kappa shape index (κ3) is 3.76. The number of hydrogen-bond donors (Lipinski definition) is 0. The van der Waals surface area contributed by atoms with E-state index in [1.54, 1.807) is 25.8 Å². The zero-order valence-electron chi connectivity index (χ0n) is 16.2. The Hall–Kier alpha value is -2.71. The van der Waals surface area contributed by atoms with E-state index in [0.717, 1.165) is 23.5 Å². The standard InChI is InChI=1S/C17H26N6O3/c1-7-21-13(4)15(11(2)18-21)10-20(6)16(24)8-9-22-14(5)17(23(25)26)12(3)19-22/h7-10H2,1-6H3. The van der Waals surface area contributed by atoms with Gasteiger partial charge in [-0.1, -0.05) is 0 Å². The highest BCUT2D eigenvalue weighted by Gasteiger charge is 2.22. The summed E-state index contributed by atoms with van der Waals surface area (Å²) in [4.78, 5) is 24.8. The monoisotopic (exact) mass is 362 g/mol. The van der Waals surface area contributed by atoms with E-state index < -0.39 is 4.92 Å². The summed E-state index contributed by atoms with van der Waals surface area (Å²) in [6, 6.07) is 0. The molecular formula is C17H26N6O3. The van der Waals surface area contributed by atoms with Gasteiger partial charge in [0, 0.05) is 37.8 Å². The van der Waals surface area contributed by atoms with Gasteiger partial charge in [0.15, 0.2) is 0 Å². The van der Waals surface area contributed by atoms with Crippen LogP contribution in [0.4, 0.5) is 5.69 Å². The number of nitrogens with zero attached hydrogens (tertiary/aromatic N) is 6. The third-order valence-corrected chi connectivity index (χ3v) is 4.72. The molecule has 0 spiro atoms. The number of hydrogen-bond acceptors (Lipinski definition) is 5. The number of carbonyl (C=O) groups excluding carboxylic acids is 1. The van der Waals surface area contributed by atoms with Gasteiger partial charge in [0.1, 0.15) is 11.4 Å². The number of rotatable bonds is 7. The van der Waals surface area contributed by atoms with E-state index in [-0.39, 0.29) is 18.0 Å². The van der Waals surface area contributed by atoms with Gasteiger partial charge in [-0.05, 0) is 34.6 Å². The number of amides is 1. The maximum Gasteiger partial charge on any atom is 0.312 e. The molecule has 0 aliphatic rings. The van der Waals surface area contributed by atoms with Crippen molar-refractivity contribution in [1.82, 2.24) is 24.5 Å². The van der Waals surface area contributed by atoms with Crippen molar-refractivity contribution >= 4 is 11.6 Å². The van der Waals surface area contributed by atoms with Crippen LogP contribution in [-0.4, -0.2) is 42.3 Å². The minimum Gasteiger partial charge on any atom is -0.341 e. The van der Waals surface area contributed by atoms with Gasteiger partial charge in [-0.2, -0.15) is 10.2 Å². The normalized spacial score (nSPS) is 11.0. The van der Waals surface area contributed by atoms with Crippen molar-refractivity contribution in [2.24, 2.45) is 0 Å². The summed E-state index contributed by atoms with van der Waals surface area (Å²) >= 11 is 0. The number of carbonyl (C=O) groups is 1. The first-order valence-electron chi connectivity index (χ1n) is 8.62. The average Bonchev–Trinajstić information content (AvgIpc) is 3.01. The predicted octanol–water partition coefficient (Wildman–Crippen LogP) is 2.29. The SMILES string of the molecule is CCn1nc(C)c(CN(C)C(=O)CCn2nc(C)c([N+](=O)[O-])c2C)c1C. The van der Waals surface area contributed by atoms with E-state index in [2.05, 4.69) is 10.2 Å². The van der Waals surface area contributed by atoms with E-state index >= 15 is 0 Å². The number of nitro groups is 1. The highest BCUT2D eigenvalue weighted by atomic mass is 16.6. The molecular weight excluding hydrogens is 336 g/mol. The third-order valence-electron chi connectivity index (χ3n) is 4.72. The predicted molar refractivity (Wildman–Crippen MR) is 96.8 cm³/mol. The maximum atomic E-state index is 12.5. The Balaban J connectivity index is 2.03. The van der Waals surface area contributed by atoms with Crippen LogP contribution < -0.4 is 0 Å². The lowest BCUT2D eigenvalue weighted by Gasteiger charge is -2.18. The second kappa shape index (κ2) is 7.67. The van der Waals surface area contributed by atoms with Gasteiger partial charge in [0.2, 0.25) is 5.91 Å². The summed E-state index contributed by atoms with van der Waals surface area (Å²) in [7, 11) is 1.76. The fraction of sp³-hybridized carbons (Fsp3) is 0.588. The van der Waals surface area contributed by atoms with E-state index in [1.165, 1.54) is 4.68 Å². The molecule has 142 valence electrons. The van der Waals surface area contributed by atoms with Crippen molar-refractivity contribution in [1.29, 1.82) is 0 Å². The largest absolute Gasteiger partial charge is 0.341 e. The Morgan fingerprint density at radius 1 is 1.12 bits per heavy atom. The molecule has 0 bridgehead atoms. The van der Waals surface area contributed by atoms with Gasteiger partial charge in [-0.3, -0.25) is 24.3 Å². The molecule has 2 rings (SSSR count). The fourth-order valence-corrected chi connectivity index (χ4v) is 3.16. The number of aromatic nitrogens is 4. The fourth-order valence-electron chi connectivity index (χ4n) is 3.16. The Kier molecular flexibility index (Phi) is 5.79. The minimum absolute atomic E-state index is 0.0176. The van der Waals surface area contributed by atoms with Crippen LogP contribution in [0.25, 0.3) is 0 Å². The average molecular weight is 362 g/mol. The van der Waals surface area contributed by atoms with Crippen molar-refractivity contribution in [3.8, 4) is 0 Å². The van der Waals surface area contributed by atoms with Crippen LogP contribution in [0, 0.1) is 37.8 Å². The van der Waals surface area contributed by atoms with Crippen LogP contribution in [0.3, 0.4) is 0 Å². The van der Waals surface area contributed by atoms with Crippen molar-refractivity contribution in [2.45, 2.75) is 60.7 Å². The van der Waals surface area contributed by atoms with Crippen molar-refractivity contribution in [3.63, 3.8) is 0 Å². The molecule has 0 N–H and O–H groups in total. The van der Waals surface area contributed by atoms with Gasteiger partial charge < -0.3 is 4.90 Å². The molecule has 26 heavy (non-hydrogen) atoms. The van der Waals surface area contributed by atoms with Crippen LogP contribution in [0.5, 0.6) is 0 Å². The summed E-state index contributed by atoms with van der Waals surface area (Å²) in [5.41, 5.74) is 3.91. The molecule has 2 heterocycles. The first kappa shape index (κ1) is 19.6. The molecule has 2 aromatic heterocycles. The van der Waals surface area contributed by atoms with Gasteiger partial charge in [-0.25, -0.2) is 0 Å². The summed E-state index contributed by atoms with van der Waals surface area (Å²) in [5, 5.41) is 19.7. The molecule has 0 saturated heterocycles. The summed E-state index contributed by atoms with van der Waals surface area (Å²) < 4.78 is 3.46. The smallest absolute Gasteiger partial charge is 0.312 e. The Morgan fingerprint density at radius 2 is 1.73 bits per heavy atom. The summed E-state index contributed by atoms with van der Waals surface area (Å²) in [6.07, 6.45) is 0.232. The summed E-state index contributed by atoms with van der Waals surface area (Å²) in [5.74, 6) is -0.0387. The molecule has 0 aliphatic carbocycles. The minimum atomic E-state index is -0.431. The van der Waals surface area contributed by atoms with E-state index in [9.17, 15) is 14.9 Å². The quantitative estimate of drug-likeness (QED) is 0.556. The lowest BCUT2D eigenvalue weighted by Crippen LogP contribution is -2.27. The van der Waals surface area contributed by atoms with E-state index in [1.807, 2.05) is 25.5 Å². The zero-order valence-corrected chi connectivity index (χ0v) is 16.2. The molecule has 0 fully saturated rings. The van der Waals surface area contributed by atoms with Crippen LogP contribution >= 0.6 is 0 Å².